The first kappa shape index (κ1) is 12.6. The summed E-state index contributed by atoms with van der Waals surface area (Å²) in [6, 6.07) is 0.640. The van der Waals surface area contributed by atoms with Crippen LogP contribution in [0.25, 0.3) is 0 Å². The van der Waals surface area contributed by atoms with Crippen molar-refractivity contribution < 1.29 is 0 Å². The summed E-state index contributed by atoms with van der Waals surface area (Å²) in [6.07, 6.45) is 5.84. The molecule has 1 aliphatic rings. The molecule has 0 bridgehead atoms. The van der Waals surface area contributed by atoms with Crippen LogP contribution >= 0.6 is 0 Å². The Balaban J connectivity index is 1.89. The van der Waals surface area contributed by atoms with Crippen molar-refractivity contribution in [2.75, 3.05) is 0 Å². The highest BCUT2D eigenvalue weighted by Gasteiger charge is 2.26. The Kier molecular flexibility index (Phi) is 4.15. The molecule has 0 aliphatic heterocycles. The molecule has 1 saturated carbocycles. The molecule has 1 heterocycles. The molecule has 4 heteroatoms. The van der Waals surface area contributed by atoms with Crippen LogP contribution in [0.5, 0.6) is 0 Å². The molecule has 0 saturated heterocycles. The molecular formula is C13H24N4. The van der Waals surface area contributed by atoms with Crippen molar-refractivity contribution in [2.45, 2.75) is 59.2 Å². The second-order valence-electron chi connectivity index (χ2n) is 5.29. The number of hydrogen-bond donors (Lipinski definition) is 1. The molecular weight excluding hydrogens is 212 g/mol. The highest BCUT2D eigenvalue weighted by Crippen LogP contribution is 2.29. The Morgan fingerprint density at radius 1 is 1.41 bits per heavy atom. The van der Waals surface area contributed by atoms with Crippen LogP contribution in [0.3, 0.4) is 0 Å². The van der Waals surface area contributed by atoms with Gasteiger partial charge in [0, 0.05) is 12.6 Å². The first-order valence-electron chi connectivity index (χ1n) is 6.82. The van der Waals surface area contributed by atoms with Crippen molar-refractivity contribution in [2.24, 2.45) is 11.8 Å². The Hall–Kier alpha value is -0.900. The van der Waals surface area contributed by atoms with Gasteiger partial charge in [-0.15, -0.1) is 10.2 Å². The topological polar surface area (TPSA) is 42.7 Å². The van der Waals surface area contributed by atoms with Crippen LogP contribution in [-0.2, 0) is 13.1 Å². The zero-order chi connectivity index (χ0) is 12.3. The van der Waals surface area contributed by atoms with Crippen molar-refractivity contribution in [3.05, 3.63) is 12.2 Å². The first-order chi connectivity index (χ1) is 8.22. The largest absolute Gasteiger partial charge is 0.317 e. The minimum atomic E-state index is 0.640. The Morgan fingerprint density at radius 3 is 3.00 bits per heavy atom. The minimum absolute atomic E-state index is 0.640. The maximum absolute atomic E-state index is 4.17. The zero-order valence-corrected chi connectivity index (χ0v) is 11.2. The second-order valence-corrected chi connectivity index (χ2v) is 5.29. The van der Waals surface area contributed by atoms with Crippen molar-refractivity contribution in [3.63, 3.8) is 0 Å². The summed E-state index contributed by atoms with van der Waals surface area (Å²) in [4.78, 5) is 0. The second kappa shape index (κ2) is 5.63. The summed E-state index contributed by atoms with van der Waals surface area (Å²) in [7, 11) is 0. The fourth-order valence-corrected chi connectivity index (χ4v) is 2.77. The van der Waals surface area contributed by atoms with E-state index in [4.69, 9.17) is 0 Å². The van der Waals surface area contributed by atoms with E-state index in [-0.39, 0.29) is 0 Å². The summed E-state index contributed by atoms with van der Waals surface area (Å²) in [5.41, 5.74) is 0. The predicted octanol–water partition coefficient (Wildman–Crippen LogP) is 2.21. The molecule has 1 N–H and O–H groups in total. The summed E-state index contributed by atoms with van der Waals surface area (Å²) in [5, 5.41) is 11.8. The lowest BCUT2D eigenvalue weighted by Crippen LogP contribution is -2.40. The number of rotatable bonds is 4. The van der Waals surface area contributed by atoms with E-state index in [1.54, 1.807) is 0 Å². The van der Waals surface area contributed by atoms with E-state index < -0.39 is 0 Å². The van der Waals surface area contributed by atoms with Crippen LogP contribution in [0.4, 0.5) is 0 Å². The van der Waals surface area contributed by atoms with Gasteiger partial charge in [0.15, 0.2) is 0 Å². The van der Waals surface area contributed by atoms with Gasteiger partial charge in [0.25, 0.3) is 0 Å². The van der Waals surface area contributed by atoms with Crippen molar-refractivity contribution >= 4 is 0 Å². The maximum atomic E-state index is 4.17. The molecule has 96 valence electrons. The van der Waals surface area contributed by atoms with Crippen LogP contribution in [0.1, 0.15) is 45.9 Å². The fraction of sp³-hybridized carbons (Fsp3) is 0.846. The van der Waals surface area contributed by atoms with Gasteiger partial charge >= 0.3 is 0 Å². The molecule has 4 nitrogen and oxygen atoms in total. The standard InChI is InChI=1S/C13H24N4/c1-4-17-9-15-16-13(17)8-14-12-7-5-6-10(2)11(12)3/h9-12,14H,4-8H2,1-3H3. The van der Waals surface area contributed by atoms with Gasteiger partial charge in [0.1, 0.15) is 12.2 Å². The Bertz CT molecular complexity index is 347. The fourth-order valence-electron chi connectivity index (χ4n) is 2.77. The van der Waals surface area contributed by atoms with E-state index in [9.17, 15) is 0 Å². The van der Waals surface area contributed by atoms with Gasteiger partial charge in [0.2, 0.25) is 0 Å². The van der Waals surface area contributed by atoms with Crippen LogP contribution in [-0.4, -0.2) is 20.8 Å². The summed E-state index contributed by atoms with van der Waals surface area (Å²) < 4.78 is 2.10. The van der Waals surface area contributed by atoms with Crippen molar-refractivity contribution in [1.82, 2.24) is 20.1 Å². The van der Waals surface area contributed by atoms with Gasteiger partial charge in [-0.05, 0) is 25.2 Å². The summed E-state index contributed by atoms with van der Waals surface area (Å²) >= 11 is 0. The predicted molar refractivity (Wildman–Crippen MR) is 68.5 cm³/mol. The SMILES string of the molecule is CCn1cnnc1CNC1CCCC(C)C1C. The number of aryl methyl sites for hydroxylation is 1. The van der Waals surface area contributed by atoms with Crippen LogP contribution < -0.4 is 5.32 Å². The minimum Gasteiger partial charge on any atom is -0.317 e. The highest BCUT2D eigenvalue weighted by molar-refractivity contribution is 4.88. The normalized spacial score (nSPS) is 29.5. The van der Waals surface area contributed by atoms with Gasteiger partial charge in [0.05, 0.1) is 6.54 Å². The van der Waals surface area contributed by atoms with Gasteiger partial charge in [-0.2, -0.15) is 0 Å². The van der Waals surface area contributed by atoms with Crippen LogP contribution in [0.2, 0.25) is 0 Å². The molecule has 1 aliphatic carbocycles. The molecule has 1 fully saturated rings. The van der Waals surface area contributed by atoms with Gasteiger partial charge in [-0.25, -0.2) is 0 Å². The lowest BCUT2D eigenvalue weighted by molar-refractivity contribution is 0.204. The molecule has 0 amide bonds. The van der Waals surface area contributed by atoms with E-state index in [1.807, 2.05) is 6.33 Å². The quantitative estimate of drug-likeness (QED) is 0.871. The van der Waals surface area contributed by atoms with Crippen molar-refractivity contribution in [1.29, 1.82) is 0 Å². The number of hydrogen-bond acceptors (Lipinski definition) is 3. The average molecular weight is 236 g/mol. The Morgan fingerprint density at radius 2 is 2.24 bits per heavy atom. The summed E-state index contributed by atoms with van der Waals surface area (Å²) in [5.74, 6) is 2.66. The molecule has 0 spiro atoms. The molecule has 3 atom stereocenters. The van der Waals surface area contributed by atoms with E-state index in [0.29, 0.717) is 6.04 Å². The third kappa shape index (κ3) is 2.86. The number of aromatic nitrogens is 3. The molecule has 0 aromatic carbocycles. The average Bonchev–Trinajstić information content (AvgIpc) is 2.78. The molecule has 1 aromatic rings. The molecule has 17 heavy (non-hydrogen) atoms. The van der Waals surface area contributed by atoms with Gasteiger partial charge in [-0.3, -0.25) is 0 Å². The van der Waals surface area contributed by atoms with E-state index >= 15 is 0 Å². The third-order valence-corrected chi connectivity index (χ3v) is 4.27. The van der Waals surface area contributed by atoms with Crippen molar-refractivity contribution in [3.8, 4) is 0 Å². The van der Waals surface area contributed by atoms with Crippen LogP contribution in [0.15, 0.2) is 6.33 Å². The highest BCUT2D eigenvalue weighted by atomic mass is 15.3. The smallest absolute Gasteiger partial charge is 0.146 e. The zero-order valence-electron chi connectivity index (χ0n) is 11.2. The Labute approximate surface area is 104 Å². The summed E-state index contributed by atoms with van der Waals surface area (Å²) in [6.45, 7) is 8.65. The number of nitrogens with zero attached hydrogens (tertiary/aromatic N) is 3. The lowest BCUT2D eigenvalue weighted by Gasteiger charge is -2.34. The maximum Gasteiger partial charge on any atom is 0.146 e. The first-order valence-corrected chi connectivity index (χ1v) is 6.82. The van der Waals surface area contributed by atoms with E-state index in [0.717, 1.165) is 30.7 Å². The lowest BCUT2D eigenvalue weighted by atomic mass is 9.78. The van der Waals surface area contributed by atoms with Gasteiger partial charge < -0.3 is 9.88 Å². The molecule has 0 radical (unpaired) electrons. The molecule has 3 unspecified atom stereocenters. The van der Waals surface area contributed by atoms with E-state index in [1.165, 1.54) is 19.3 Å². The van der Waals surface area contributed by atoms with Gasteiger partial charge in [-0.1, -0.05) is 26.7 Å². The molecule has 1 aromatic heterocycles. The third-order valence-electron chi connectivity index (χ3n) is 4.27. The monoisotopic (exact) mass is 236 g/mol. The number of nitrogens with one attached hydrogen (secondary N) is 1. The van der Waals surface area contributed by atoms with Crippen LogP contribution in [0, 0.1) is 11.8 Å². The van der Waals surface area contributed by atoms with E-state index in [2.05, 4.69) is 40.9 Å². The molecule has 2 rings (SSSR count).